The highest BCUT2D eigenvalue weighted by molar-refractivity contribution is 5.58. The third-order valence-corrected chi connectivity index (χ3v) is 11.0. The summed E-state index contributed by atoms with van der Waals surface area (Å²) in [7, 11) is 2.17. The molecule has 10 nitrogen and oxygen atoms in total. The number of piperidine rings is 1. The van der Waals surface area contributed by atoms with Crippen LogP contribution in [-0.2, 0) is 27.6 Å². The molecular weight excluding hydrogens is 623 g/mol. The van der Waals surface area contributed by atoms with Gasteiger partial charge in [-0.1, -0.05) is 31.4 Å². The average Bonchev–Trinajstić information content (AvgIpc) is 3.60. The molecule has 4 N–H and O–H groups in total. The number of nitrogens with one attached hydrogen (secondary N) is 2. The van der Waals surface area contributed by atoms with Gasteiger partial charge in [0.05, 0.1) is 55.0 Å². The van der Waals surface area contributed by atoms with Crippen molar-refractivity contribution in [1.29, 1.82) is 0 Å². The van der Waals surface area contributed by atoms with Gasteiger partial charge in [-0.3, -0.25) is 18.8 Å². The molecule has 3 aliphatic heterocycles. The standard InChI is InChI=1S/C35H48F3N7O3/c1-42-31(40-41-32(42)25-6-3-2-4-7-25)18-34(22-47-23-34)26-8-5-9-27(17-26)44-21-30-29(35(36,37)38)16-24(20-45(30)33(44)46)19-43-13-10-28(11-14-43)48-15-12-39/h5,8-9,16-17,20-21,25,28,31-32,40-41H,2-4,6-7,10-15,18-19,22-23,39H2,1H3. The van der Waals surface area contributed by atoms with E-state index in [2.05, 4.69) is 27.7 Å². The van der Waals surface area contributed by atoms with Gasteiger partial charge in [-0.15, -0.1) is 0 Å². The third kappa shape index (κ3) is 6.70. The zero-order valence-corrected chi connectivity index (χ0v) is 27.7. The average molecular weight is 672 g/mol. The van der Waals surface area contributed by atoms with E-state index in [0.29, 0.717) is 63.2 Å². The summed E-state index contributed by atoms with van der Waals surface area (Å²) in [5, 5.41) is 0. The number of pyridine rings is 1. The highest BCUT2D eigenvalue weighted by Gasteiger charge is 2.46. The van der Waals surface area contributed by atoms with Gasteiger partial charge in [0, 0.05) is 44.0 Å². The van der Waals surface area contributed by atoms with E-state index in [1.807, 2.05) is 18.2 Å². The molecule has 3 saturated heterocycles. The molecule has 2 aromatic heterocycles. The SMILES string of the molecule is CN1C(CC2(c3cccc(-n4cc5c(C(F)(F)F)cc(CN6CCC(OCCN)CC6)cn5c4=O)c3)COC2)NNC1C1CCCCC1. The van der Waals surface area contributed by atoms with Crippen molar-refractivity contribution in [2.24, 2.45) is 11.7 Å². The van der Waals surface area contributed by atoms with Crippen LogP contribution in [0.15, 0.2) is 47.5 Å². The fraction of sp³-hybridized carbons (Fsp3) is 0.629. The van der Waals surface area contributed by atoms with Crippen LogP contribution in [0, 0.1) is 5.92 Å². The van der Waals surface area contributed by atoms with E-state index in [1.165, 1.54) is 48.9 Å². The van der Waals surface area contributed by atoms with Crippen molar-refractivity contribution in [3.63, 3.8) is 0 Å². The van der Waals surface area contributed by atoms with Gasteiger partial charge in [0.25, 0.3) is 0 Å². The molecule has 2 atom stereocenters. The number of hydrazine groups is 1. The van der Waals surface area contributed by atoms with E-state index >= 15 is 0 Å². The number of aromatic nitrogens is 2. The number of nitrogens with zero attached hydrogens (tertiary/aromatic N) is 4. The monoisotopic (exact) mass is 671 g/mol. The normalized spacial score (nSPS) is 24.8. The molecule has 1 saturated carbocycles. The minimum absolute atomic E-state index is 0.0984. The number of halogens is 3. The fourth-order valence-corrected chi connectivity index (χ4v) is 8.25. The zero-order chi connectivity index (χ0) is 33.5. The second-order valence-corrected chi connectivity index (χ2v) is 14.3. The molecule has 0 radical (unpaired) electrons. The quantitative estimate of drug-likeness (QED) is 0.298. The van der Waals surface area contributed by atoms with Gasteiger partial charge in [0.15, 0.2) is 0 Å². The van der Waals surface area contributed by atoms with Gasteiger partial charge < -0.3 is 15.2 Å². The van der Waals surface area contributed by atoms with Crippen molar-refractivity contribution in [2.75, 3.05) is 46.5 Å². The molecule has 13 heteroatoms. The number of ether oxygens (including phenoxy) is 2. The van der Waals surface area contributed by atoms with Crippen LogP contribution in [0.5, 0.6) is 0 Å². The van der Waals surface area contributed by atoms with Gasteiger partial charge >= 0.3 is 11.9 Å². The molecule has 48 heavy (non-hydrogen) atoms. The van der Waals surface area contributed by atoms with Gasteiger partial charge in [0.2, 0.25) is 0 Å². The molecule has 5 heterocycles. The predicted octanol–water partition coefficient (Wildman–Crippen LogP) is 3.98. The zero-order valence-electron chi connectivity index (χ0n) is 27.7. The lowest BCUT2D eigenvalue weighted by Gasteiger charge is -2.45. The first-order chi connectivity index (χ1) is 23.1. The van der Waals surface area contributed by atoms with Crippen LogP contribution in [0.25, 0.3) is 11.2 Å². The lowest BCUT2D eigenvalue weighted by atomic mass is 9.74. The Balaban J connectivity index is 1.13. The Kier molecular flexibility index (Phi) is 9.73. The van der Waals surface area contributed by atoms with Gasteiger partial charge in [-0.25, -0.2) is 15.6 Å². The minimum atomic E-state index is -4.62. The molecule has 0 spiro atoms. The number of hydrogen-bond acceptors (Lipinski definition) is 8. The van der Waals surface area contributed by atoms with Gasteiger partial charge in [0.1, 0.15) is 0 Å². The molecule has 4 fully saturated rings. The first-order valence-electron chi connectivity index (χ1n) is 17.4. The molecule has 7 rings (SSSR count). The Labute approximate surface area is 279 Å². The van der Waals surface area contributed by atoms with Crippen molar-refractivity contribution < 1.29 is 22.6 Å². The van der Waals surface area contributed by atoms with Crippen molar-refractivity contribution in [3.8, 4) is 5.69 Å². The van der Waals surface area contributed by atoms with Crippen molar-refractivity contribution in [3.05, 3.63) is 69.9 Å². The summed E-state index contributed by atoms with van der Waals surface area (Å²) in [5.74, 6) is 0.615. The van der Waals surface area contributed by atoms with Crippen LogP contribution >= 0.6 is 0 Å². The number of hydrogen-bond donors (Lipinski definition) is 3. The van der Waals surface area contributed by atoms with Crippen molar-refractivity contribution in [1.82, 2.24) is 29.6 Å². The fourth-order valence-electron chi connectivity index (χ4n) is 8.25. The summed E-state index contributed by atoms with van der Waals surface area (Å²) in [6.07, 6.45) is 7.45. The predicted molar refractivity (Wildman–Crippen MR) is 177 cm³/mol. The molecule has 2 unspecified atom stereocenters. The van der Waals surface area contributed by atoms with Crippen molar-refractivity contribution >= 4 is 5.52 Å². The smallest absolute Gasteiger partial charge is 0.379 e. The number of nitrogens with two attached hydrogens (primary N) is 1. The Bertz CT molecular complexity index is 1620. The Morgan fingerprint density at radius 1 is 1.04 bits per heavy atom. The molecule has 4 aliphatic rings. The molecular formula is C35H48F3N7O3. The van der Waals surface area contributed by atoms with E-state index in [-0.39, 0.29) is 29.4 Å². The number of likely N-dealkylation sites (tertiary alicyclic amines) is 1. The summed E-state index contributed by atoms with van der Waals surface area (Å²) >= 11 is 0. The van der Waals surface area contributed by atoms with Crippen LogP contribution in [0.3, 0.4) is 0 Å². The maximum atomic E-state index is 14.4. The summed E-state index contributed by atoms with van der Waals surface area (Å²) in [6, 6.07) is 8.83. The van der Waals surface area contributed by atoms with Crippen LogP contribution in [0.2, 0.25) is 0 Å². The number of imidazole rings is 1. The highest BCUT2D eigenvalue weighted by atomic mass is 19.4. The van der Waals surface area contributed by atoms with Crippen LogP contribution in [0.1, 0.15) is 68.1 Å². The molecule has 0 amide bonds. The van der Waals surface area contributed by atoms with Crippen LogP contribution < -0.4 is 22.3 Å². The Morgan fingerprint density at radius 2 is 1.81 bits per heavy atom. The number of rotatable bonds is 10. The first-order valence-corrected chi connectivity index (χ1v) is 17.4. The molecule has 262 valence electrons. The number of alkyl halides is 3. The summed E-state index contributed by atoms with van der Waals surface area (Å²) in [6.45, 7) is 3.77. The largest absolute Gasteiger partial charge is 0.418 e. The van der Waals surface area contributed by atoms with E-state index in [9.17, 15) is 18.0 Å². The van der Waals surface area contributed by atoms with E-state index < -0.39 is 17.4 Å². The summed E-state index contributed by atoms with van der Waals surface area (Å²) < 4.78 is 57.3. The van der Waals surface area contributed by atoms with E-state index in [0.717, 1.165) is 29.2 Å². The molecule has 3 aromatic rings. The summed E-state index contributed by atoms with van der Waals surface area (Å²) in [5.41, 5.74) is 12.8. The minimum Gasteiger partial charge on any atom is -0.379 e. The lowest BCUT2D eigenvalue weighted by molar-refractivity contribution is -0.136. The van der Waals surface area contributed by atoms with E-state index in [4.69, 9.17) is 15.2 Å². The van der Waals surface area contributed by atoms with Crippen LogP contribution in [-0.4, -0.2) is 83.7 Å². The van der Waals surface area contributed by atoms with Crippen LogP contribution in [0.4, 0.5) is 13.2 Å². The maximum Gasteiger partial charge on any atom is 0.418 e. The second kappa shape index (κ2) is 13.9. The maximum absolute atomic E-state index is 14.4. The highest BCUT2D eigenvalue weighted by Crippen LogP contribution is 2.40. The second-order valence-electron chi connectivity index (χ2n) is 14.3. The summed E-state index contributed by atoms with van der Waals surface area (Å²) in [4.78, 5) is 18.3. The molecule has 1 aromatic carbocycles. The first kappa shape index (κ1) is 33.7. The number of fused-ring (bicyclic) bond motifs is 1. The van der Waals surface area contributed by atoms with Gasteiger partial charge in [-0.05, 0) is 74.4 Å². The number of benzene rings is 1. The topological polar surface area (TPSA) is 101 Å². The Morgan fingerprint density at radius 3 is 2.50 bits per heavy atom. The van der Waals surface area contributed by atoms with Gasteiger partial charge in [-0.2, -0.15) is 13.2 Å². The molecule has 0 bridgehead atoms. The lowest BCUT2D eigenvalue weighted by Crippen LogP contribution is -2.53. The Hall–Kier alpha value is -2.78. The third-order valence-electron chi connectivity index (χ3n) is 11.0. The van der Waals surface area contributed by atoms with Crippen molar-refractivity contribution in [2.45, 2.75) is 87.9 Å². The molecule has 1 aliphatic carbocycles. The van der Waals surface area contributed by atoms with E-state index in [1.54, 1.807) is 12.3 Å².